The predicted octanol–water partition coefficient (Wildman–Crippen LogP) is 2.80. The zero-order valence-electron chi connectivity index (χ0n) is 20.6. The Labute approximate surface area is 217 Å². The van der Waals surface area contributed by atoms with Gasteiger partial charge in [-0.15, -0.1) is 0 Å². The van der Waals surface area contributed by atoms with E-state index in [0.29, 0.717) is 16.5 Å². The number of halogens is 1. The van der Waals surface area contributed by atoms with E-state index in [0.717, 1.165) is 11.8 Å². The number of nitrogen functional groups attached to an aromatic ring is 1. The lowest BCUT2D eigenvalue weighted by atomic mass is 10.1. The van der Waals surface area contributed by atoms with E-state index in [1.807, 2.05) is 31.2 Å². The normalized spacial score (nSPS) is 12.1. The molecular weight excluding hydrogens is 487 g/mol. The molecule has 0 spiro atoms. The molecule has 38 heavy (non-hydrogen) atoms. The molecule has 10 nitrogen and oxygen atoms in total. The average molecular weight is 515 g/mol. The fraction of sp³-hybridized carbons (Fsp3) is 0.148. The zero-order chi connectivity index (χ0) is 27.2. The Bertz CT molecular complexity index is 1630. The van der Waals surface area contributed by atoms with Gasteiger partial charge in [0.15, 0.2) is 0 Å². The van der Waals surface area contributed by atoms with Crippen molar-refractivity contribution < 1.29 is 9.50 Å². The molecule has 7 N–H and O–H groups in total. The second-order valence-corrected chi connectivity index (χ2v) is 8.38. The van der Waals surface area contributed by atoms with E-state index in [2.05, 4.69) is 20.3 Å². The van der Waals surface area contributed by atoms with Crippen LogP contribution in [0, 0.1) is 18.2 Å². The molecule has 4 rings (SSSR count). The molecule has 194 valence electrons. The van der Waals surface area contributed by atoms with Gasteiger partial charge < -0.3 is 27.3 Å². The number of para-hydroxylation sites is 1. The maximum atomic E-state index is 14.9. The fourth-order valence-electron chi connectivity index (χ4n) is 4.14. The molecule has 0 aliphatic carbocycles. The SMILES string of the molecule is Cc1cccc2cc(CNc3ncnc(N)c3C(N)=C(C=N)C=NCCO)n(-c3ccccc3F)c(=O)c12. The number of nitrogens with zero attached hydrogens (tertiary/aromatic N) is 4. The van der Waals surface area contributed by atoms with Crippen LogP contribution in [0.4, 0.5) is 16.0 Å². The smallest absolute Gasteiger partial charge is 0.263 e. The van der Waals surface area contributed by atoms with Gasteiger partial charge in [0.25, 0.3) is 5.56 Å². The molecular formula is C27H27FN8O2. The quantitative estimate of drug-likeness (QED) is 0.214. The number of hydrogen-bond acceptors (Lipinski definition) is 9. The van der Waals surface area contributed by atoms with Gasteiger partial charge in [-0.1, -0.05) is 30.3 Å². The number of aliphatic hydroxyl groups excluding tert-OH is 1. The van der Waals surface area contributed by atoms with Crippen molar-refractivity contribution in [2.24, 2.45) is 10.7 Å². The number of nitrogens with two attached hydrogens (primary N) is 2. The summed E-state index contributed by atoms with van der Waals surface area (Å²) < 4.78 is 16.2. The van der Waals surface area contributed by atoms with Gasteiger partial charge in [-0.2, -0.15) is 0 Å². The summed E-state index contributed by atoms with van der Waals surface area (Å²) in [5.41, 5.74) is 14.1. The Morgan fingerprint density at radius 2 is 2.03 bits per heavy atom. The molecule has 2 aromatic heterocycles. The summed E-state index contributed by atoms with van der Waals surface area (Å²) in [6.07, 6.45) is 3.62. The number of rotatable bonds is 9. The highest BCUT2D eigenvalue weighted by Crippen LogP contribution is 2.26. The average Bonchev–Trinajstić information content (AvgIpc) is 2.90. The Hall–Kier alpha value is -4.90. The molecule has 0 saturated carbocycles. The van der Waals surface area contributed by atoms with E-state index in [-0.39, 0.29) is 59.4 Å². The number of pyridine rings is 1. The first-order chi connectivity index (χ1) is 18.4. The van der Waals surface area contributed by atoms with Crippen LogP contribution in [0.5, 0.6) is 0 Å². The summed E-state index contributed by atoms with van der Waals surface area (Å²) >= 11 is 0. The zero-order valence-corrected chi connectivity index (χ0v) is 20.6. The maximum absolute atomic E-state index is 14.9. The van der Waals surface area contributed by atoms with Gasteiger partial charge in [0, 0.05) is 23.7 Å². The third-order valence-electron chi connectivity index (χ3n) is 5.93. The first kappa shape index (κ1) is 26.2. The third-order valence-corrected chi connectivity index (χ3v) is 5.93. The topological polar surface area (TPSA) is 168 Å². The van der Waals surface area contributed by atoms with Gasteiger partial charge >= 0.3 is 0 Å². The van der Waals surface area contributed by atoms with Gasteiger partial charge in [-0.3, -0.25) is 14.4 Å². The van der Waals surface area contributed by atoms with E-state index in [4.69, 9.17) is 22.0 Å². The molecule has 0 saturated heterocycles. The van der Waals surface area contributed by atoms with E-state index in [9.17, 15) is 9.18 Å². The highest BCUT2D eigenvalue weighted by Gasteiger charge is 2.18. The van der Waals surface area contributed by atoms with Gasteiger partial charge in [0.2, 0.25) is 0 Å². The summed E-state index contributed by atoms with van der Waals surface area (Å²) in [7, 11) is 0. The van der Waals surface area contributed by atoms with Gasteiger partial charge in [0.05, 0.1) is 42.0 Å². The van der Waals surface area contributed by atoms with E-state index in [1.54, 1.807) is 18.2 Å². The van der Waals surface area contributed by atoms with Crippen LogP contribution in [0.1, 0.15) is 16.8 Å². The van der Waals surface area contributed by atoms with E-state index in [1.165, 1.54) is 23.2 Å². The van der Waals surface area contributed by atoms with Gasteiger partial charge in [-0.05, 0) is 36.1 Å². The van der Waals surface area contributed by atoms with Crippen LogP contribution in [-0.4, -0.2) is 45.2 Å². The van der Waals surface area contributed by atoms with Crippen molar-refractivity contribution in [2.75, 3.05) is 24.2 Å². The summed E-state index contributed by atoms with van der Waals surface area (Å²) in [5.74, 6) is -0.224. The number of aliphatic imine (C=N–C) groups is 1. The first-order valence-electron chi connectivity index (χ1n) is 11.7. The van der Waals surface area contributed by atoms with Crippen LogP contribution in [0.15, 0.2) is 70.2 Å². The minimum Gasteiger partial charge on any atom is -0.397 e. The second kappa shape index (κ2) is 11.4. The minimum atomic E-state index is -0.541. The van der Waals surface area contributed by atoms with Crippen molar-refractivity contribution in [3.8, 4) is 5.69 Å². The molecule has 0 aliphatic heterocycles. The lowest BCUT2D eigenvalue weighted by molar-refractivity contribution is 0.307. The number of allylic oxidation sites excluding steroid dienone is 1. The van der Waals surface area contributed by atoms with E-state index >= 15 is 0 Å². The van der Waals surface area contributed by atoms with E-state index < -0.39 is 5.82 Å². The standard InChI is InChI=1S/C27H27FN8O2/c1-16-5-4-6-17-11-19(36(27(38)22(16)17)21-8-3-2-7-20(21)28)14-33-26-23(25(31)34-15-35-26)24(30)18(12-29)13-32-9-10-37/h2-8,11-13,15,29,37H,9-10,14,30H2,1H3,(H3,31,33,34,35). The molecule has 4 aromatic rings. The predicted molar refractivity (Wildman–Crippen MR) is 148 cm³/mol. The number of aromatic nitrogens is 3. The Morgan fingerprint density at radius 3 is 2.76 bits per heavy atom. The Morgan fingerprint density at radius 1 is 1.24 bits per heavy atom. The summed E-state index contributed by atoms with van der Waals surface area (Å²) in [4.78, 5) is 26.0. The number of aliphatic hydroxyl groups is 1. The molecule has 2 heterocycles. The van der Waals surface area contributed by atoms with Crippen LogP contribution in [0.2, 0.25) is 0 Å². The van der Waals surface area contributed by atoms with Gasteiger partial charge in [0.1, 0.15) is 23.8 Å². The second-order valence-electron chi connectivity index (χ2n) is 8.38. The van der Waals surface area contributed by atoms with Crippen molar-refractivity contribution in [3.63, 3.8) is 0 Å². The van der Waals surface area contributed by atoms with Crippen LogP contribution in [-0.2, 0) is 6.54 Å². The number of anilines is 2. The molecule has 2 aromatic carbocycles. The summed E-state index contributed by atoms with van der Waals surface area (Å²) in [5, 5.41) is 21.1. The highest BCUT2D eigenvalue weighted by atomic mass is 19.1. The molecule has 0 aliphatic rings. The van der Waals surface area contributed by atoms with Crippen LogP contribution < -0.4 is 22.3 Å². The molecule has 0 amide bonds. The lowest BCUT2D eigenvalue weighted by Gasteiger charge is -2.18. The first-order valence-corrected chi connectivity index (χ1v) is 11.7. The van der Waals surface area contributed by atoms with Crippen molar-refractivity contribution in [1.29, 1.82) is 5.41 Å². The summed E-state index contributed by atoms with van der Waals surface area (Å²) in [6.45, 7) is 1.89. The highest BCUT2D eigenvalue weighted by molar-refractivity contribution is 6.11. The molecule has 11 heteroatoms. The summed E-state index contributed by atoms with van der Waals surface area (Å²) in [6, 6.07) is 13.4. The van der Waals surface area contributed by atoms with Crippen molar-refractivity contribution >= 4 is 40.5 Å². The molecule has 0 atom stereocenters. The van der Waals surface area contributed by atoms with Crippen molar-refractivity contribution in [2.45, 2.75) is 13.5 Å². The van der Waals surface area contributed by atoms with Gasteiger partial charge in [-0.25, -0.2) is 14.4 Å². The molecule has 0 unspecified atom stereocenters. The Balaban J connectivity index is 1.84. The van der Waals surface area contributed by atoms with Crippen molar-refractivity contribution in [1.82, 2.24) is 14.5 Å². The number of benzene rings is 2. The van der Waals surface area contributed by atoms with Crippen LogP contribution in [0.25, 0.3) is 22.2 Å². The van der Waals surface area contributed by atoms with Crippen LogP contribution in [0.3, 0.4) is 0 Å². The molecule has 0 fully saturated rings. The fourth-order valence-corrected chi connectivity index (χ4v) is 4.14. The largest absolute Gasteiger partial charge is 0.397 e. The monoisotopic (exact) mass is 514 g/mol. The minimum absolute atomic E-state index is 0.0582. The number of fused-ring (bicyclic) bond motifs is 1. The third kappa shape index (κ3) is 5.13. The lowest BCUT2D eigenvalue weighted by Crippen LogP contribution is -2.25. The van der Waals surface area contributed by atoms with Crippen LogP contribution >= 0.6 is 0 Å². The number of hydrogen-bond donors (Lipinski definition) is 5. The van der Waals surface area contributed by atoms with Crippen molar-refractivity contribution in [3.05, 3.63) is 93.4 Å². The number of aryl methyl sites for hydroxylation is 1. The molecule has 0 radical (unpaired) electrons. The maximum Gasteiger partial charge on any atom is 0.263 e. The Kier molecular flexibility index (Phi) is 7.88. The number of nitrogens with one attached hydrogen (secondary N) is 2. The molecule has 0 bridgehead atoms.